The molecule has 1 aliphatic carbocycles. The lowest BCUT2D eigenvalue weighted by Gasteiger charge is -2.28. The summed E-state index contributed by atoms with van der Waals surface area (Å²) in [5.74, 6) is 0.311. The molecule has 0 bridgehead atoms. The van der Waals surface area contributed by atoms with Crippen molar-refractivity contribution in [3.8, 4) is 6.07 Å². The average molecular weight is 201 g/mol. The Morgan fingerprint density at radius 1 is 1.40 bits per heavy atom. The Morgan fingerprint density at radius 3 is 2.53 bits per heavy atom. The Labute approximate surface area is 90.2 Å². The Kier molecular flexibility index (Phi) is 2.50. The van der Waals surface area contributed by atoms with Crippen LogP contribution in [0.25, 0.3) is 0 Å². The van der Waals surface area contributed by atoms with Gasteiger partial charge in [-0.25, -0.2) is 0 Å². The summed E-state index contributed by atoms with van der Waals surface area (Å²) in [6.45, 7) is 2.09. The molecule has 2 nitrogen and oxygen atoms in total. The summed E-state index contributed by atoms with van der Waals surface area (Å²) in [4.78, 5) is 0. The van der Waals surface area contributed by atoms with E-state index in [2.05, 4.69) is 13.0 Å². The fraction of sp³-hybridized carbons (Fsp3) is 0.462. The Balaban J connectivity index is 2.33. The molecule has 0 amide bonds. The fourth-order valence-corrected chi connectivity index (χ4v) is 2.43. The molecule has 15 heavy (non-hydrogen) atoms. The molecule has 0 aliphatic heterocycles. The molecule has 1 aliphatic rings. The molecule has 0 saturated heterocycles. The molecule has 1 N–H and O–H groups in total. The number of hydrogen-bond acceptors (Lipinski definition) is 2. The van der Waals surface area contributed by atoms with Gasteiger partial charge in [0.15, 0.2) is 0 Å². The molecule has 1 aromatic carbocycles. The zero-order valence-corrected chi connectivity index (χ0v) is 8.90. The third-order valence-corrected chi connectivity index (χ3v) is 3.52. The van der Waals surface area contributed by atoms with Crippen LogP contribution in [0.4, 0.5) is 0 Å². The maximum absolute atomic E-state index is 10.5. The standard InChI is InChI=1S/C13H15NO/c1-10-3-2-8-13(10,15)12-6-4-11(9-14)5-7-12/h4-7,10,15H,2-3,8H2,1H3/t10-,13+/m1/s1. The van der Waals surface area contributed by atoms with Crippen LogP contribution in [-0.4, -0.2) is 5.11 Å². The summed E-state index contributed by atoms with van der Waals surface area (Å²) in [6.07, 6.45) is 2.99. The second-order valence-electron chi connectivity index (χ2n) is 4.41. The number of rotatable bonds is 1. The zero-order valence-electron chi connectivity index (χ0n) is 8.90. The lowest BCUT2D eigenvalue weighted by molar-refractivity contribution is 0.00449. The Bertz CT molecular complexity index is 390. The van der Waals surface area contributed by atoms with Gasteiger partial charge in [-0.15, -0.1) is 0 Å². The van der Waals surface area contributed by atoms with Gasteiger partial charge in [0, 0.05) is 0 Å². The molecule has 1 aromatic rings. The molecule has 0 spiro atoms. The molecule has 2 heteroatoms. The van der Waals surface area contributed by atoms with E-state index < -0.39 is 5.60 Å². The van der Waals surface area contributed by atoms with Crippen molar-refractivity contribution in [3.63, 3.8) is 0 Å². The Morgan fingerprint density at radius 2 is 2.07 bits per heavy atom. The van der Waals surface area contributed by atoms with Crippen molar-refractivity contribution in [2.45, 2.75) is 31.8 Å². The first-order chi connectivity index (χ1) is 7.16. The molecular formula is C13H15NO. The van der Waals surface area contributed by atoms with Crippen molar-refractivity contribution < 1.29 is 5.11 Å². The molecule has 78 valence electrons. The summed E-state index contributed by atoms with van der Waals surface area (Å²) < 4.78 is 0. The van der Waals surface area contributed by atoms with Gasteiger partial charge in [0.25, 0.3) is 0 Å². The molecular weight excluding hydrogens is 186 g/mol. The molecule has 0 aromatic heterocycles. The van der Waals surface area contributed by atoms with Crippen molar-refractivity contribution in [1.82, 2.24) is 0 Å². The van der Waals surface area contributed by atoms with Gasteiger partial charge in [-0.1, -0.05) is 19.1 Å². The van der Waals surface area contributed by atoms with Gasteiger partial charge in [-0.05, 0) is 42.9 Å². The van der Waals surface area contributed by atoms with Gasteiger partial charge >= 0.3 is 0 Å². The lowest BCUT2D eigenvalue weighted by atomic mass is 9.85. The number of benzene rings is 1. The highest BCUT2D eigenvalue weighted by atomic mass is 16.3. The van der Waals surface area contributed by atoms with Crippen LogP contribution >= 0.6 is 0 Å². The SMILES string of the molecule is C[C@@H]1CCC[C@@]1(O)c1ccc(C#N)cc1. The maximum atomic E-state index is 10.5. The molecule has 2 rings (SSSR count). The van der Waals surface area contributed by atoms with E-state index >= 15 is 0 Å². The van der Waals surface area contributed by atoms with E-state index in [-0.39, 0.29) is 0 Å². The summed E-state index contributed by atoms with van der Waals surface area (Å²) in [6, 6.07) is 9.39. The molecule has 1 saturated carbocycles. The van der Waals surface area contributed by atoms with Crippen LogP contribution in [-0.2, 0) is 5.60 Å². The van der Waals surface area contributed by atoms with E-state index in [1.807, 2.05) is 12.1 Å². The van der Waals surface area contributed by atoms with Crippen LogP contribution in [0.15, 0.2) is 24.3 Å². The van der Waals surface area contributed by atoms with Crippen molar-refractivity contribution in [1.29, 1.82) is 5.26 Å². The van der Waals surface area contributed by atoms with E-state index in [4.69, 9.17) is 5.26 Å². The molecule has 2 atom stereocenters. The predicted molar refractivity (Wildman–Crippen MR) is 58.1 cm³/mol. The minimum atomic E-state index is -0.673. The second kappa shape index (κ2) is 3.67. The van der Waals surface area contributed by atoms with E-state index in [1.54, 1.807) is 12.1 Å². The highest BCUT2D eigenvalue weighted by Crippen LogP contribution is 2.43. The van der Waals surface area contributed by atoms with Gasteiger partial charge in [0.2, 0.25) is 0 Å². The van der Waals surface area contributed by atoms with Crippen LogP contribution < -0.4 is 0 Å². The lowest BCUT2D eigenvalue weighted by Crippen LogP contribution is -2.28. The zero-order chi connectivity index (χ0) is 10.9. The second-order valence-corrected chi connectivity index (χ2v) is 4.41. The smallest absolute Gasteiger partial charge is 0.0991 e. The summed E-state index contributed by atoms with van der Waals surface area (Å²) in [5, 5.41) is 19.2. The first-order valence-corrected chi connectivity index (χ1v) is 5.40. The molecule has 0 unspecified atom stereocenters. The highest BCUT2D eigenvalue weighted by Gasteiger charge is 2.39. The number of nitriles is 1. The summed E-state index contributed by atoms with van der Waals surface area (Å²) in [5.41, 5.74) is 0.924. The Hall–Kier alpha value is -1.33. The summed E-state index contributed by atoms with van der Waals surface area (Å²) >= 11 is 0. The predicted octanol–water partition coefficient (Wildman–Crippen LogP) is 2.57. The quantitative estimate of drug-likeness (QED) is 0.758. The summed E-state index contributed by atoms with van der Waals surface area (Å²) in [7, 11) is 0. The van der Waals surface area contributed by atoms with Crippen molar-refractivity contribution in [3.05, 3.63) is 35.4 Å². The van der Waals surface area contributed by atoms with Crippen LogP contribution in [0, 0.1) is 17.2 Å². The van der Waals surface area contributed by atoms with Gasteiger partial charge in [0.1, 0.15) is 0 Å². The normalized spacial score (nSPS) is 30.1. The number of nitrogens with zero attached hydrogens (tertiary/aromatic N) is 1. The van der Waals surface area contributed by atoms with Crippen molar-refractivity contribution >= 4 is 0 Å². The van der Waals surface area contributed by atoms with Crippen molar-refractivity contribution in [2.24, 2.45) is 5.92 Å². The van der Waals surface area contributed by atoms with Crippen LogP contribution in [0.3, 0.4) is 0 Å². The van der Waals surface area contributed by atoms with Gasteiger partial charge in [0.05, 0.1) is 17.2 Å². The van der Waals surface area contributed by atoms with Crippen LogP contribution in [0.2, 0.25) is 0 Å². The van der Waals surface area contributed by atoms with Gasteiger partial charge < -0.3 is 5.11 Å². The minimum absolute atomic E-state index is 0.311. The molecule has 0 heterocycles. The van der Waals surface area contributed by atoms with Crippen LogP contribution in [0.1, 0.15) is 37.3 Å². The average Bonchev–Trinajstić information content (AvgIpc) is 2.61. The van der Waals surface area contributed by atoms with Gasteiger partial charge in [-0.3, -0.25) is 0 Å². The topological polar surface area (TPSA) is 44.0 Å². The van der Waals surface area contributed by atoms with Crippen LogP contribution in [0.5, 0.6) is 0 Å². The number of hydrogen-bond donors (Lipinski definition) is 1. The molecule has 1 fully saturated rings. The maximum Gasteiger partial charge on any atom is 0.0991 e. The third-order valence-electron chi connectivity index (χ3n) is 3.52. The van der Waals surface area contributed by atoms with E-state index in [1.165, 1.54) is 0 Å². The number of aliphatic hydroxyl groups is 1. The monoisotopic (exact) mass is 201 g/mol. The first kappa shape index (κ1) is 10.2. The molecule has 0 radical (unpaired) electrons. The van der Waals surface area contributed by atoms with E-state index in [0.717, 1.165) is 24.8 Å². The minimum Gasteiger partial charge on any atom is -0.385 e. The van der Waals surface area contributed by atoms with Crippen molar-refractivity contribution in [2.75, 3.05) is 0 Å². The largest absolute Gasteiger partial charge is 0.385 e. The first-order valence-electron chi connectivity index (χ1n) is 5.40. The third kappa shape index (κ3) is 1.64. The fourth-order valence-electron chi connectivity index (χ4n) is 2.43. The van der Waals surface area contributed by atoms with Gasteiger partial charge in [-0.2, -0.15) is 5.26 Å². The van der Waals surface area contributed by atoms with E-state index in [0.29, 0.717) is 11.5 Å². The highest BCUT2D eigenvalue weighted by molar-refractivity contribution is 5.34. The van der Waals surface area contributed by atoms with E-state index in [9.17, 15) is 5.11 Å².